The van der Waals surface area contributed by atoms with Gasteiger partial charge in [-0.25, -0.2) is 0 Å². The maximum absolute atomic E-state index is 2.40. The zero-order valence-electron chi connectivity index (χ0n) is 27.9. The molecular weight excluding hydrogens is 619 g/mol. The number of aromatic nitrogens is 1. The van der Waals surface area contributed by atoms with E-state index >= 15 is 0 Å². The predicted octanol–water partition coefficient (Wildman–Crippen LogP) is 13.4. The smallest absolute Gasteiger partial charge is 0.0561 e. The molecule has 0 atom stereocenters. The van der Waals surface area contributed by atoms with Crippen molar-refractivity contribution in [1.29, 1.82) is 0 Å². The summed E-state index contributed by atoms with van der Waals surface area (Å²) in [4.78, 5) is 4.75. The summed E-state index contributed by atoms with van der Waals surface area (Å²) in [5, 5.41) is 2.48. The van der Waals surface area contributed by atoms with E-state index in [4.69, 9.17) is 0 Å². The Balaban J connectivity index is 1.23. The molecule has 1 aliphatic rings. The highest BCUT2D eigenvalue weighted by Crippen LogP contribution is 2.43. The summed E-state index contributed by atoms with van der Waals surface area (Å²) in [6.45, 7) is 0. The molecule has 0 radical (unpaired) electrons. The van der Waals surface area contributed by atoms with Gasteiger partial charge < -0.3 is 14.4 Å². The summed E-state index contributed by atoms with van der Waals surface area (Å²) >= 11 is 0. The summed E-state index contributed by atoms with van der Waals surface area (Å²) in [5.41, 5.74) is 14.8. The van der Waals surface area contributed by atoms with Crippen LogP contribution in [0.1, 0.15) is 0 Å². The zero-order chi connectivity index (χ0) is 33.7. The molecule has 0 saturated heterocycles. The van der Waals surface area contributed by atoms with Crippen molar-refractivity contribution in [3.63, 3.8) is 0 Å². The number of fused-ring (bicyclic) bond motifs is 13. The van der Waals surface area contributed by atoms with Gasteiger partial charge in [0, 0.05) is 50.6 Å². The minimum Gasteiger partial charge on any atom is -0.310 e. The Labute approximate surface area is 297 Å². The van der Waals surface area contributed by atoms with Crippen molar-refractivity contribution in [2.45, 2.75) is 0 Å². The number of rotatable bonds is 3. The Hall–Kier alpha value is -6.84. The van der Waals surface area contributed by atoms with Gasteiger partial charge in [-0.2, -0.15) is 0 Å². The van der Waals surface area contributed by atoms with E-state index in [-0.39, 0.29) is 0 Å². The van der Waals surface area contributed by atoms with E-state index in [9.17, 15) is 0 Å². The molecule has 0 spiro atoms. The quantitative estimate of drug-likeness (QED) is 0.188. The molecule has 3 heteroatoms. The predicted molar refractivity (Wildman–Crippen MR) is 215 cm³/mol. The average molecular weight is 652 g/mol. The van der Waals surface area contributed by atoms with Crippen molar-refractivity contribution in [3.8, 4) is 27.9 Å². The van der Waals surface area contributed by atoms with E-state index in [1.54, 1.807) is 0 Å². The summed E-state index contributed by atoms with van der Waals surface area (Å²) in [6, 6.07) is 72.6. The number of hydrogen-bond donors (Lipinski definition) is 0. The summed E-state index contributed by atoms with van der Waals surface area (Å²) in [6.07, 6.45) is 0. The minimum atomic E-state index is 1.10. The summed E-state index contributed by atoms with van der Waals surface area (Å²) in [7, 11) is 0. The van der Waals surface area contributed by atoms with Crippen molar-refractivity contribution < 1.29 is 0 Å². The molecule has 0 unspecified atom stereocenters. The molecular formula is C48H33N3. The van der Waals surface area contributed by atoms with Gasteiger partial charge >= 0.3 is 0 Å². The van der Waals surface area contributed by atoms with E-state index in [0.717, 1.165) is 62.1 Å². The minimum absolute atomic E-state index is 1.10. The van der Waals surface area contributed by atoms with Crippen molar-refractivity contribution in [2.75, 3.05) is 9.80 Å². The maximum atomic E-state index is 2.40. The lowest BCUT2D eigenvalue weighted by molar-refractivity contribution is 1.18. The van der Waals surface area contributed by atoms with Gasteiger partial charge in [-0.1, -0.05) is 109 Å². The van der Waals surface area contributed by atoms with Crippen LogP contribution in [0.3, 0.4) is 0 Å². The zero-order valence-corrected chi connectivity index (χ0v) is 27.9. The molecule has 0 aliphatic carbocycles. The third-order valence-corrected chi connectivity index (χ3v) is 10.0. The van der Waals surface area contributed by atoms with Crippen LogP contribution in [0.25, 0.3) is 49.7 Å². The molecule has 10 rings (SSSR count). The second-order valence-corrected chi connectivity index (χ2v) is 13.1. The second-order valence-electron chi connectivity index (χ2n) is 13.1. The van der Waals surface area contributed by atoms with Gasteiger partial charge in [0.25, 0.3) is 0 Å². The normalized spacial score (nSPS) is 12.2. The van der Waals surface area contributed by atoms with Gasteiger partial charge in [-0.3, -0.25) is 0 Å². The molecule has 8 aromatic carbocycles. The fourth-order valence-electron chi connectivity index (χ4n) is 7.72. The van der Waals surface area contributed by atoms with E-state index in [2.05, 4.69) is 215 Å². The van der Waals surface area contributed by atoms with E-state index in [1.807, 2.05) is 0 Å². The van der Waals surface area contributed by atoms with Gasteiger partial charge in [0.15, 0.2) is 0 Å². The molecule has 0 N–H and O–H groups in total. The second kappa shape index (κ2) is 11.9. The Kier molecular flexibility index (Phi) is 6.81. The van der Waals surface area contributed by atoms with Crippen LogP contribution in [0.15, 0.2) is 200 Å². The number of benzene rings is 8. The molecule has 0 fully saturated rings. The van der Waals surface area contributed by atoms with Crippen LogP contribution in [0.2, 0.25) is 0 Å². The van der Waals surface area contributed by atoms with Crippen molar-refractivity contribution in [1.82, 2.24) is 4.57 Å². The first-order valence-electron chi connectivity index (χ1n) is 17.4. The highest BCUT2D eigenvalue weighted by atomic mass is 15.1. The third kappa shape index (κ3) is 4.98. The first-order chi connectivity index (χ1) is 25.3. The number of para-hydroxylation sites is 3. The standard InChI is InChI=1S/C48H33N3/c1-3-17-38(18-4-1)49-40-21-9-13-34(29-40)36-15-11-23-42(31-36)50(43-24-12-16-37(32-43)35-14-10-22-41(49)30-35)44-27-28-46-45-25-7-8-26-47(45)51(48(46)33-44)39-19-5-2-6-20-39/h1-33H. The summed E-state index contributed by atoms with van der Waals surface area (Å²) in [5.74, 6) is 0. The molecule has 0 amide bonds. The number of anilines is 6. The first kappa shape index (κ1) is 29.1. The molecule has 8 bridgehead atoms. The SMILES string of the molecule is c1ccc(N2c3cccc(c3)-c3cccc(c3)N(c3ccc4c5ccccc5n(-c5ccccc5)c4c3)c3cccc(c3)-c3cccc2c3)cc1. The Morgan fingerprint density at radius 2 is 0.627 bits per heavy atom. The van der Waals surface area contributed by atoms with Crippen LogP contribution >= 0.6 is 0 Å². The molecule has 240 valence electrons. The molecule has 51 heavy (non-hydrogen) atoms. The fraction of sp³-hybridized carbons (Fsp3) is 0. The monoisotopic (exact) mass is 651 g/mol. The van der Waals surface area contributed by atoms with Gasteiger partial charge in [0.05, 0.1) is 11.0 Å². The molecule has 3 nitrogen and oxygen atoms in total. The summed E-state index contributed by atoms with van der Waals surface area (Å²) < 4.78 is 2.39. The molecule has 1 aliphatic heterocycles. The van der Waals surface area contributed by atoms with E-state index < -0.39 is 0 Å². The highest BCUT2D eigenvalue weighted by molar-refractivity contribution is 6.10. The van der Waals surface area contributed by atoms with Crippen molar-refractivity contribution in [3.05, 3.63) is 200 Å². The molecule has 1 aromatic heterocycles. The van der Waals surface area contributed by atoms with Crippen LogP contribution in [-0.4, -0.2) is 4.57 Å². The lowest BCUT2D eigenvalue weighted by Gasteiger charge is -2.28. The van der Waals surface area contributed by atoms with Gasteiger partial charge in [-0.05, 0) is 113 Å². The Bertz CT molecular complexity index is 2620. The van der Waals surface area contributed by atoms with Crippen molar-refractivity contribution in [2.24, 2.45) is 0 Å². The topological polar surface area (TPSA) is 11.4 Å². The van der Waals surface area contributed by atoms with Crippen LogP contribution < -0.4 is 9.80 Å². The van der Waals surface area contributed by atoms with Crippen LogP contribution in [0, 0.1) is 0 Å². The lowest BCUT2D eigenvalue weighted by Crippen LogP contribution is -2.11. The Morgan fingerprint density at radius 1 is 0.235 bits per heavy atom. The van der Waals surface area contributed by atoms with Crippen LogP contribution in [0.5, 0.6) is 0 Å². The average Bonchev–Trinajstić information content (AvgIpc) is 3.53. The highest BCUT2D eigenvalue weighted by Gasteiger charge is 2.20. The van der Waals surface area contributed by atoms with Crippen LogP contribution in [0.4, 0.5) is 34.1 Å². The van der Waals surface area contributed by atoms with Gasteiger partial charge in [0.1, 0.15) is 0 Å². The largest absolute Gasteiger partial charge is 0.310 e. The molecule has 9 aromatic rings. The van der Waals surface area contributed by atoms with Crippen molar-refractivity contribution >= 4 is 55.9 Å². The van der Waals surface area contributed by atoms with Crippen LogP contribution in [-0.2, 0) is 0 Å². The number of nitrogens with zero attached hydrogens (tertiary/aromatic N) is 3. The third-order valence-electron chi connectivity index (χ3n) is 10.0. The van der Waals surface area contributed by atoms with Gasteiger partial charge in [-0.15, -0.1) is 0 Å². The van der Waals surface area contributed by atoms with E-state index in [0.29, 0.717) is 0 Å². The maximum Gasteiger partial charge on any atom is 0.0561 e. The molecule has 0 saturated carbocycles. The molecule has 2 heterocycles. The first-order valence-corrected chi connectivity index (χ1v) is 17.4. The lowest BCUT2D eigenvalue weighted by atomic mass is 10.00. The Morgan fingerprint density at radius 3 is 1.16 bits per heavy atom. The fourth-order valence-corrected chi connectivity index (χ4v) is 7.72. The van der Waals surface area contributed by atoms with Gasteiger partial charge in [0.2, 0.25) is 0 Å². The number of hydrogen-bond acceptors (Lipinski definition) is 2. The van der Waals surface area contributed by atoms with E-state index in [1.165, 1.54) is 21.8 Å².